The van der Waals surface area contributed by atoms with Crippen molar-refractivity contribution in [3.63, 3.8) is 0 Å². The lowest BCUT2D eigenvalue weighted by molar-refractivity contribution is 0.660. The zero-order valence-corrected chi connectivity index (χ0v) is 39.8. The zero-order chi connectivity index (χ0) is 46.9. The molecule has 14 rings (SSSR count). The Balaban J connectivity index is 1.01. The van der Waals surface area contributed by atoms with Gasteiger partial charge in [-0.15, -0.1) is 0 Å². The lowest BCUT2D eigenvalue weighted by Crippen LogP contribution is -2.15. The van der Waals surface area contributed by atoms with Crippen molar-refractivity contribution in [2.45, 2.75) is 38.5 Å². The molecular formula is C68H50N2. The molecule has 0 atom stereocenters. The van der Waals surface area contributed by atoms with Crippen molar-refractivity contribution >= 4 is 60.4 Å². The van der Waals surface area contributed by atoms with Crippen molar-refractivity contribution in [2.24, 2.45) is 0 Å². The molecule has 2 aliphatic carbocycles. The Morgan fingerprint density at radius 2 is 0.714 bits per heavy atom. The van der Waals surface area contributed by atoms with Crippen molar-refractivity contribution in [2.75, 3.05) is 4.90 Å². The van der Waals surface area contributed by atoms with E-state index in [2.05, 4.69) is 268 Å². The molecule has 0 saturated carbocycles. The number of hydrogen-bond acceptors (Lipinski definition) is 1. The molecule has 0 bridgehead atoms. The quantitative estimate of drug-likeness (QED) is 0.151. The fourth-order valence-electron chi connectivity index (χ4n) is 12.6. The third-order valence-electron chi connectivity index (χ3n) is 16.0. The number of aromatic nitrogens is 1. The SMILES string of the molecule is CC1(C)c2ccccc2-c2ccc(-c3c4ccccc4c(-c4ccc5c(c4)C(C)(C)c4ccccc4-5)c4cc(N(c5ccccc5)c5ccc(-n6c7ccccc7c7ccccc76)cc5)ccc34)cc21. The van der Waals surface area contributed by atoms with Crippen molar-refractivity contribution in [1.82, 2.24) is 4.57 Å². The Morgan fingerprint density at radius 3 is 1.27 bits per heavy atom. The largest absolute Gasteiger partial charge is 0.310 e. The summed E-state index contributed by atoms with van der Waals surface area (Å²) in [5, 5.41) is 7.50. The second kappa shape index (κ2) is 15.0. The second-order valence-electron chi connectivity index (χ2n) is 20.4. The van der Waals surface area contributed by atoms with E-state index in [1.165, 1.54) is 110 Å². The van der Waals surface area contributed by atoms with Crippen molar-refractivity contribution in [3.8, 4) is 50.2 Å². The number of benzene rings is 11. The predicted molar refractivity (Wildman–Crippen MR) is 296 cm³/mol. The molecular weight excluding hydrogens is 845 g/mol. The molecule has 2 aliphatic rings. The fraction of sp³-hybridized carbons (Fsp3) is 0.0882. The maximum atomic E-state index is 2.50. The highest BCUT2D eigenvalue weighted by atomic mass is 15.1. The molecule has 2 nitrogen and oxygen atoms in total. The molecule has 0 radical (unpaired) electrons. The van der Waals surface area contributed by atoms with Gasteiger partial charge in [0, 0.05) is 44.4 Å². The fourth-order valence-corrected chi connectivity index (χ4v) is 12.6. The standard InChI is InChI=1S/C68H50N2/c1-67(2)59-26-14-10-20-49(59)51-37-30-43(40-61(51)67)65-55-24-8-9-25-56(55)66(44-31-38-52-50-21-11-15-27-60(50)68(3,4)62(52)41-44)58-42-48(36-39-57(58)65)69(45-18-6-5-7-19-45)46-32-34-47(35-33-46)70-63-28-16-12-22-53(63)54-23-13-17-29-64(54)70/h5-42H,1-4H3. The van der Waals surface area contributed by atoms with E-state index in [-0.39, 0.29) is 10.8 Å². The predicted octanol–water partition coefficient (Wildman–Crippen LogP) is 18.5. The van der Waals surface area contributed by atoms with Crippen LogP contribution in [0.1, 0.15) is 49.9 Å². The Hall–Kier alpha value is -8.46. The average molecular weight is 895 g/mol. The summed E-state index contributed by atoms with van der Waals surface area (Å²) in [6.07, 6.45) is 0. The van der Waals surface area contributed by atoms with Crippen LogP contribution in [-0.2, 0) is 10.8 Å². The molecule has 0 amide bonds. The van der Waals surface area contributed by atoms with E-state index in [0.717, 1.165) is 22.7 Å². The van der Waals surface area contributed by atoms with Crippen LogP contribution >= 0.6 is 0 Å². The molecule has 11 aromatic carbocycles. The summed E-state index contributed by atoms with van der Waals surface area (Å²) in [7, 11) is 0. The van der Waals surface area contributed by atoms with Gasteiger partial charge < -0.3 is 9.47 Å². The maximum Gasteiger partial charge on any atom is 0.0541 e. The van der Waals surface area contributed by atoms with Gasteiger partial charge in [0.25, 0.3) is 0 Å². The summed E-state index contributed by atoms with van der Waals surface area (Å²) in [4.78, 5) is 2.42. The molecule has 0 spiro atoms. The highest BCUT2D eigenvalue weighted by Crippen LogP contribution is 2.54. The van der Waals surface area contributed by atoms with Crippen LogP contribution in [0.2, 0.25) is 0 Å². The van der Waals surface area contributed by atoms with E-state index in [9.17, 15) is 0 Å². The first-order valence-electron chi connectivity index (χ1n) is 24.7. The van der Waals surface area contributed by atoms with Crippen LogP contribution in [0.4, 0.5) is 17.1 Å². The van der Waals surface area contributed by atoms with Gasteiger partial charge in [0.05, 0.1) is 11.0 Å². The third-order valence-corrected chi connectivity index (χ3v) is 16.0. The minimum Gasteiger partial charge on any atom is -0.310 e. The van der Waals surface area contributed by atoms with E-state index in [4.69, 9.17) is 0 Å². The maximum absolute atomic E-state index is 2.50. The lowest BCUT2D eigenvalue weighted by atomic mass is 9.79. The van der Waals surface area contributed by atoms with Gasteiger partial charge in [0.1, 0.15) is 0 Å². The first kappa shape index (κ1) is 40.6. The zero-order valence-electron chi connectivity index (χ0n) is 39.8. The number of fused-ring (bicyclic) bond motifs is 11. The number of anilines is 3. The molecule has 0 unspecified atom stereocenters. The smallest absolute Gasteiger partial charge is 0.0541 e. The van der Waals surface area contributed by atoms with Crippen molar-refractivity contribution in [1.29, 1.82) is 0 Å². The number of para-hydroxylation sites is 3. The summed E-state index contributed by atoms with van der Waals surface area (Å²) < 4.78 is 2.39. The molecule has 0 aliphatic heterocycles. The minimum absolute atomic E-state index is 0.122. The van der Waals surface area contributed by atoms with Gasteiger partial charge in [-0.1, -0.05) is 185 Å². The third kappa shape index (κ3) is 5.80. The van der Waals surface area contributed by atoms with Crippen LogP contribution in [0.25, 0.3) is 93.5 Å². The van der Waals surface area contributed by atoms with Crippen molar-refractivity contribution in [3.05, 3.63) is 253 Å². The summed E-state index contributed by atoms with van der Waals surface area (Å²) >= 11 is 0. The summed E-state index contributed by atoms with van der Waals surface area (Å²) in [5.74, 6) is 0. The van der Waals surface area contributed by atoms with Crippen LogP contribution in [0.5, 0.6) is 0 Å². The average Bonchev–Trinajstić information content (AvgIpc) is 3.95. The highest BCUT2D eigenvalue weighted by Gasteiger charge is 2.37. The number of nitrogens with zero attached hydrogens (tertiary/aromatic N) is 2. The van der Waals surface area contributed by atoms with Gasteiger partial charge >= 0.3 is 0 Å². The first-order valence-corrected chi connectivity index (χ1v) is 24.7. The van der Waals surface area contributed by atoms with E-state index in [1.54, 1.807) is 0 Å². The Labute approximate surface area is 409 Å². The molecule has 70 heavy (non-hydrogen) atoms. The topological polar surface area (TPSA) is 8.17 Å². The normalized spacial score (nSPS) is 13.9. The van der Waals surface area contributed by atoms with Crippen LogP contribution in [0, 0.1) is 0 Å². The van der Waals surface area contributed by atoms with Gasteiger partial charge in [-0.2, -0.15) is 0 Å². The van der Waals surface area contributed by atoms with E-state index in [0.29, 0.717) is 0 Å². The van der Waals surface area contributed by atoms with Crippen LogP contribution in [0.3, 0.4) is 0 Å². The summed E-state index contributed by atoms with van der Waals surface area (Å²) in [5.41, 5.74) is 22.5. The van der Waals surface area contributed by atoms with Gasteiger partial charge in [0.2, 0.25) is 0 Å². The summed E-state index contributed by atoms with van der Waals surface area (Å²) in [6.45, 7) is 9.54. The molecule has 0 N–H and O–H groups in total. The molecule has 1 heterocycles. The molecule has 0 fully saturated rings. The van der Waals surface area contributed by atoms with Gasteiger partial charge in [-0.25, -0.2) is 0 Å². The summed E-state index contributed by atoms with van der Waals surface area (Å²) in [6, 6.07) is 86.2. The number of hydrogen-bond donors (Lipinski definition) is 0. The van der Waals surface area contributed by atoms with E-state index >= 15 is 0 Å². The van der Waals surface area contributed by atoms with E-state index < -0.39 is 0 Å². The monoisotopic (exact) mass is 894 g/mol. The number of rotatable bonds is 6. The molecule has 12 aromatic rings. The molecule has 2 heteroatoms. The van der Waals surface area contributed by atoms with Crippen LogP contribution < -0.4 is 4.90 Å². The van der Waals surface area contributed by atoms with E-state index in [1.807, 2.05) is 0 Å². The highest BCUT2D eigenvalue weighted by molar-refractivity contribution is 6.22. The molecule has 332 valence electrons. The Bertz CT molecular complexity index is 4060. The Morgan fingerprint density at radius 1 is 0.300 bits per heavy atom. The van der Waals surface area contributed by atoms with Gasteiger partial charge in [0.15, 0.2) is 0 Å². The van der Waals surface area contributed by atoms with Crippen molar-refractivity contribution < 1.29 is 0 Å². The molecule has 1 aromatic heterocycles. The van der Waals surface area contributed by atoms with Crippen LogP contribution in [-0.4, -0.2) is 4.57 Å². The molecule has 0 saturated heterocycles. The van der Waals surface area contributed by atoms with Crippen LogP contribution in [0.15, 0.2) is 231 Å². The minimum atomic E-state index is -0.136. The second-order valence-corrected chi connectivity index (χ2v) is 20.4. The Kier molecular flexibility index (Phi) is 8.71. The van der Waals surface area contributed by atoms with Gasteiger partial charge in [-0.3, -0.25) is 0 Å². The van der Waals surface area contributed by atoms with Gasteiger partial charge in [-0.05, 0) is 161 Å². The lowest BCUT2D eigenvalue weighted by Gasteiger charge is -2.27. The first-order chi connectivity index (χ1) is 34.3.